The molecular weight excluding hydrogens is 236 g/mol. The first-order chi connectivity index (χ1) is 8.58. The summed E-state index contributed by atoms with van der Waals surface area (Å²) in [6.07, 6.45) is 1.93. The second-order valence-electron chi connectivity index (χ2n) is 4.14. The van der Waals surface area contributed by atoms with E-state index in [1.54, 1.807) is 14.0 Å². The van der Waals surface area contributed by atoms with Crippen LogP contribution in [0.1, 0.15) is 33.6 Å². The summed E-state index contributed by atoms with van der Waals surface area (Å²) in [7, 11) is 1.63. The van der Waals surface area contributed by atoms with Gasteiger partial charge in [0.05, 0.1) is 38.6 Å². The van der Waals surface area contributed by atoms with E-state index in [2.05, 4.69) is 6.92 Å². The van der Waals surface area contributed by atoms with Crippen LogP contribution in [0.4, 0.5) is 0 Å². The van der Waals surface area contributed by atoms with E-state index in [1.807, 2.05) is 6.92 Å². The minimum Gasteiger partial charge on any atom is -0.394 e. The first kappa shape index (κ1) is 20.1. The van der Waals surface area contributed by atoms with E-state index >= 15 is 0 Å². The van der Waals surface area contributed by atoms with Gasteiger partial charge in [-0.2, -0.15) is 0 Å². The SMILES string of the molecule is CCCCOCCO.COCC(C)OCC(C)O. The molecule has 0 aromatic rings. The molecule has 0 saturated carbocycles. The molecule has 0 aromatic carbocycles. The average Bonchev–Trinajstić information content (AvgIpc) is 2.33. The topological polar surface area (TPSA) is 68.2 Å². The zero-order chi connectivity index (χ0) is 14.2. The summed E-state index contributed by atoms with van der Waals surface area (Å²) in [5.41, 5.74) is 0. The van der Waals surface area contributed by atoms with Crippen LogP contribution >= 0.6 is 0 Å². The van der Waals surface area contributed by atoms with Gasteiger partial charge in [-0.05, 0) is 20.3 Å². The van der Waals surface area contributed by atoms with Gasteiger partial charge in [-0.1, -0.05) is 13.3 Å². The highest BCUT2D eigenvalue weighted by molar-refractivity contribution is 4.48. The molecule has 0 spiro atoms. The van der Waals surface area contributed by atoms with Crippen LogP contribution in [0, 0.1) is 0 Å². The third-order valence-electron chi connectivity index (χ3n) is 1.90. The van der Waals surface area contributed by atoms with E-state index < -0.39 is 0 Å². The van der Waals surface area contributed by atoms with E-state index in [1.165, 1.54) is 0 Å². The highest BCUT2D eigenvalue weighted by atomic mass is 16.5. The second kappa shape index (κ2) is 16.8. The van der Waals surface area contributed by atoms with E-state index in [4.69, 9.17) is 24.4 Å². The van der Waals surface area contributed by atoms with Crippen LogP contribution in [0.15, 0.2) is 0 Å². The van der Waals surface area contributed by atoms with Crippen molar-refractivity contribution in [1.29, 1.82) is 0 Å². The van der Waals surface area contributed by atoms with Crippen LogP contribution < -0.4 is 0 Å². The van der Waals surface area contributed by atoms with Gasteiger partial charge in [0.2, 0.25) is 0 Å². The fraction of sp³-hybridized carbons (Fsp3) is 1.00. The maximum absolute atomic E-state index is 8.80. The molecule has 0 bridgehead atoms. The second-order valence-corrected chi connectivity index (χ2v) is 4.14. The van der Waals surface area contributed by atoms with E-state index in [9.17, 15) is 0 Å². The molecule has 0 rings (SSSR count). The first-order valence-electron chi connectivity index (χ1n) is 6.55. The van der Waals surface area contributed by atoms with Gasteiger partial charge in [-0.3, -0.25) is 0 Å². The fourth-order valence-corrected chi connectivity index (χ4v) is 0.999. The van der Waals surface area contributed by atoms with Crippen molar-refractivity contribution in [2.24, 2.45) is 0 Å². The Bertz CT molecular complexity index is 135. The molecule has 0 fully saturated rings. The van der Waals surface area contributed by atoms with E-state index in [0.29, 0.717) is 19.8 Å². The molecule has 0 aromatic heterocycles. The average molecular weight is 266 g/mol. The minimum atomic E-state index is -0.390. The van der Waals surface area contributed by atoms with Crippen molar-refractivity contribution >= 4 is 0 Å². The minimum absolute atomic E-state index is 0.0691. The van der Waals surface area contributed by atoms with Crippen LogP contribution in [0.5, 0.6) is 0 Å². The normalized spacial score (nSPS) is 13.7. The Morgan fingerprint density at radius 2 is 1.78 bits per heavy atom. The Hall–Kier alpha value is -0.200. The Balaban J connectivity index is 0. The summed E-state index contributed by atoms with van der Waals surface area (Å²) in [5, 5.41) is 17.0. The number of aliphatic hydroxyl groups is 2. The lowest BCUT2D eigenvalue weighted by molar-refractivity contribution is -0.0268. The quantitative estimate of drug-likeness (QED) is 0.582. The maximum atomic E-state index is 8.80. The number of unbranched alkanes of at least 4 members (excludes halogenated alkanes) is 1. The predicted molar refractivity (Wildman–Crippen MR) is 71.8 cm³/mol. The Labute approximate surface area is 111 Å². The molecule has 5 nitrogen and oxygen atoms in total. The lowest BCUT2D eigenvalue weighted by atomic mass is 10.4. The van der Waals surface area contributed by atoms with Crippen molar-refractivity contribution in [3.8, 4) is 0 Å². The highest BCUT2D eigenvalue weighted by Crippen LogP contribution is 1.92. The van der Waals surface area contributed by atoms with Crippen molar-refractivity contribution in [2.75, 3.05) is 40.1 Å². The monoisotopic (exact) mass is 266 g/mol. The van der Waals surface area contributed by atoms with Crippen molar-refractivity contribution in [3.05, 3.63) is 0 Å². The van der Waals surface area contributed by atoms with Crippen LogP contribution in [0.3, 0.4) is 0 Å². The predicted octanol–water partition coefficient (Wildman–Crippen LogP) is 1.21. The number of aliphatic hydroxyl groups excluding tert-OH is 2. The Morgan fingerprint density at radius 1 is 1.11 bits per heavy atom. The van der Waals surface area contributed by atoms with E-state index in [0.717, 1.165) is 19.4 Å². The lowest BCUT2D eigenvalue weighted by Gasteiger charge is -2.12. The molecule has 0 aliphatic carbocycles. The number of hydrogen-bond donors (Lipinski definition) is 2. The molecular formula is C13H30O5. The van der Waals surface area contributed by atoms with Gasteiger partial charge >= 0.3 is 0 Å². The molecule has 2 N–H and O–H groups in total. The Kier molecular flexibility index (Phi) is 18.8. The third kappa shape index (κ3) is 21.1. The molecule has 2 atom stereocenters. The number of hydrogen-bond acceptors (Lipinski definition) is 5. The van der Waals surface area contributed by atoms with Gasteiger partial charge in [0.25, 0.3) is 0 Å². The fourth-order valence-electron chi connectivity index (χ4n) is 0.999. The molecule has 0 aliphatic heterocycles. The molecule has 0 aliphatic rings. The zero-order valence-corrected chi connectivity index (χ0v) is 12.2. The van der Waals surface area contributed by atoms with Gasteiger partial charge in [-0.25, -0.2) is 0 Å². The zero-order valence-electron chi connectivity index (χ0n) is 12.2. The summed E-state index contributed by atoms with van der Waals surface area (Å²) in [6, 6.07) is 0. The molecule has 5 heteroatoms. The standard InChI is InChI=1S/C7H16O3.C6H14O2/c1-6(8)4-10-7(2)5-9-3;1-2-3-5-8-6-4-7/h6-8H,4-5H2,1-3H3;7H,2-6H2,1H3. The molecule has 0 amide bonds. The highest BCUT2D eigenvalue weighted by Gasteiger charge is 2.02. The van der Waals surface area contributed by atoms with Crippen molar-refractivity contribution in [1.82, 2.24) is 0 Å². The molecule has 112 valence electrons. The van der Waals surface area contributed by atoms with Crippen LogP contribution in [-0.2, 0) is 14.2 Å². The Morgan fingerprint density at radius 3 is 2.22 bits per heavy atom. The van der Waals surface area contributed by atoms with Gasteiger partial charge in [0, 0.05) is 13.7 Å². The summed E-state index contributed by atoms with van der Waals surface area (Å²) < 4.78 is 15.0. The molecule has 0 radical (unpaired) electrons. The maximum Gasteiger partial charge on any atom is 0.0781 e. The summed E-state index contributed by atoms with van der Waals surface area (Å²) in [4.78, 5) is 0. The van der Waals surface area contributed by atoms with Crippen LogP contribution in [-0.4, -0.2) is 62.6 Å². The summed E-state index contributed by atoms with van der Waals surface area (Å²) >= 11 is 0. The molecule has 0 heterocycles. The summed E-state index contributed by atoms with van der Waals surface area (Å²) in [5.74, 6) is 0. The third-order valence-corrected chi connectivity index (χ3v) is 1.90. The van der Waals surface area contributed by atoms with Crippen molar-refractivity contribution in [3.63, 3.8) is 0 Å². The van der Waals surface area contributed by atoms with Crippen molar-refractivity contribution in [2.45, 2.75) is 45.8 Å². The number of rotatable bonds is 10. The van der Waals surface area contributed by atoms with Crippen LogP contribution in [0.2, 0.25) is 0 Å². The van der Waals surface area contributed by atoms with Gasteiger partial charge < -0.3 is 24.4 Å². The molecule has 0 saturated heterocycles. The van der Waals surface area contributed by atoms with Gasteiger partial charge in [0.1, 0.15) is 0 Å². The van der Waals surface area contributed by atoms with Gasteiger partial charge in [-0.15, -0.1) is 0 Å². The molecule has 18 heavy (non-hydrogen) atoms. The van der Waals surface area contributed by atoms with E-state index in [-0.39, 0.29) is 18.8 Å². The smallest absolute Gasteiger partial charge is 0.0781 e. The van der Waals surface area contributed by atoms with Crippen molar-refractivity contribution < 1.29 is 24.4 Å². The largest absolute Gasteiger partial charge is 0.394 e. The summed E-state index contributed by atoms with van der Waals surface area (Å²) in [6.45, 7) is 8.09. The number of methoxy groups -OCH3 is 1. The van der Waals surface area contributed by atoms with Gasteiger partial charge in [0.15, 0.2) is 0 Å². The lowest BCUT2D eigenvalue weighted by Crippen LogP contribution is -2.20. The van der Waals surface area contributed by atoms with Crippen LogP contribution in [0.25, 0.3) is 0 Å². The first-order valence-corrected chi connectivity index (χ1v) is 6.55. The number of ether oxygens (including phenoxy) is 3. The molecule has 2 unspecified atom stereocenters.